The number of alkyl halides is 2. The quantitative estimate of drug-likeness (QED) is 0.0696. The molecule has 2 heterocycles. The molecule has 1 saturated heterocycles. The summed E-state index contributed by atoms with van der Waals surface area (Å²) < 4.78 is 82.9. The van der Waals surface area contributed by atoms with Crippen LogP contribution in [0.3, 0.4) is 0 Å². The number of halogens is 2. The molecule has 0 bridgehead atoms. The summed E-state index contributed by atoms with van der Waals surface area (Å²) in [7, 11) is -4.47. The van der Waals surface area contributed by atoms with Crippen molar-refractivity contribution in [2.75, 3.05) is 24.3 Å². The molecule has 288 valence electrons. The number of esters is 1. The molecule has 4 rings (SSSR count). The maximum atomic E-state index is 16.2. The van der Waals surface area contributed by atoms with Crippen LogP contribution in [0.2, 0.25) is 0 Å². The minimum absolute atomic E-state index is 0.0600. The molecule has 1 aliphatic heterocycles. The van der Waals surface area contributed by atoms with Crippen LogP contribution in [0.1, 0.15) is 38.1 Å². The maximum absolute atomic E-state index is 16.2. The Morgan fingerprint density at radius 3 is 2.19 bits per heavy atom. The van der Waals surface area contributed by atoms with Gasteiger partial charge in [0.2, 0.25) is 12.3 Å². The molecule has 0 spiro atoms. The summed E-state index contributed by atoms with van der Waals surface area (Å²) in [5.41, 5.74) is -0.0655. The van der Waals surface area contributed by atoms with E-state index in [0.29, 0.717) is 15.7 Å². The number of hydrogen-bond donors (Lipinski definition) is 3. The third kappa shape index (κ3) is 12.1. The van der Waals surface area contributed by atoms with Crippen LogP contribution >= 0.6 is 20.4 Å². The number of aromatic nitrogens is 2. The normalized spacial score (nSPS) is 19.5. The molecule has 1 amide bonds. The van der Waals surface area contributed by atoms with Gasteiger partial charge in [-0.15, -0.1) is 0 Å². The first-order valence-corrected chi connectivity index (χ1v) is 18.3. The molecule has 1 aliphatic rings. The number of nitrogens with zero attached hydrogens (tertiary/aromatic N) is 2. The minimum atomic E-state index is -4.47. The summed E-state index contributed by atoms with van der Waals surface area (Å²) in [6.45, 7) is 2.88. The SMILES string of the molecule is CC(C)OC(=O)C(C)NP(=O)(OCCS)OC[C@H]1O[C@@H](n2ccc(NC(=O)OCc3ccccc3)nc2=O)C(F)(F)C1OC(=O)OCc1ccccc1. The zero-order valence-corrected chi connectivity index (χ0v) is 30.6. The van der Waals surface area contributed by atoms with E-state index < -0.39 is 74.8 Å². The molecule has 3 unspecified atom stereocenters. The Kier molecular flexibility index (Phi) is 14.9. The zero-order valence-electron chi connectivity index (χ0n) is 28.8. The molecule has 0 aliphatic carbocycles. The summed E-state index contributed by atoms with van der Waals surface area (Å²) in [4.78, 5) is 54.0. The van der Waals surface area contributed by atoms with Crippen molar-refractivity contribution in [2.24, 2.45) is 0 Å². The summed E-state index contributed by atoms with van der Waals surface area (Å²) >= 11 is 4.01. The first-order chi connectivity index (χ1) is 25.2. The Morgan fingerprint density at radius 1 is 0.981 bits per heavy atom. The lowest BCUT2D eigenvalue weighted by molar-refractivity contribution is -0.149. The van der Waals surface area contributed by atoms with Gasteiger partial charge in [0.15, 0.2) is 0 Å². The summed E-state index contributed by atoms with van der Waals surface area (Å²) in [5.74, 6) is -5.23. The van der Waals surface area contributed by atoms with Gasteiger partial charge in [0.1, 0.15) is 31.2 Å². The number of carbonyl (C=O) groups excluding carboxylic acids is 3. The average molecular weight is 785 g/mol. The zero-order chi connectivity index (χ0) is 38.6. The highest BCUT2D eigenvalue weighted by molar-refractivity contribution is 7.80. The number of nitrogens with one attached hydrogen (secondary N) is 2. The predicted molar refractivity (Wildman–Crippen MR) is 186 cm³/mol. The Morgan fingerprint density at radius 2 is 1.60 bits per heavy atom. The lowest BCUT2D eigenvalue weighted by atomic mass is 10.1. The van der Waals surface area contributed by atoms with E-state index in [-0.39, 0.29) is 31.4 Å². The van der Waals surface area contributed by atoms with E-state index in [1.807, 2.05) is 0 Å². The van der Waals surface area contributed by atoms with Gasteiger partial charge in [-0.2, -0.15) is 26.4 Å². The van der Waals surface area contributed by atoms with E-state index >= 15 is 8.78 Å². The molecule has 0 radical (unpaired) electrons. The number of amides is 1. The number of thiol groups is 1. The van der Waals surface area contributed by atoms with Crippen molar-refractivity contribution in [3.05, 3.63) is 94.5 Å². The van der Waals surface area contributed by atoms with Crippen molar-refractivity contribution in [3.63, 3.8) is 0 Å². The van der Waals surface area contributed by atoms with Crippen molar-refractivity contribution in [1.82, 2.24) is 14.6 Å². The number of ether oxygens (including phenoxy) is 5. The van der Waals surface area contributed by atoms with E-state index in [4.69, 9.17) is 32.7 Å². The first-order valence-electron chi connectivity index (χ1n) is 16.2. The monoisotopic (exact) mass is 784 g/mol. The van der Waals surface area contributed by atoms with Crippen molar-refractivity contribution >= 4 is 44.4 Å². The van der Waals surface area contributed by atoms with Crippen LogP contribution in [0, 0.1) is 0 Å². The third-order valence-electron chi connectivity index (χ3n) is 7.12. The number of benzene rings is 2. The van der Waals surface area contributed by atoms with Gasteiger partial charge in [-0.25, -0.2) is 24.0 Å². The second-order valence-electron chi connectivity index (χ2n) is 11.6. The smallest absolute Gasteiger partial charge is 0.462 e. The molecular formula is C33H39F2N4O12PS. The standard InChI is InChI=1S/C33H39F2N4O12PS/c1-21(2)49-28(40)22(3)38-52(44,47-16-17-53)48-20-25-27(51-32(43)46-19-24-12-8-5-9-13-24)33(34,35)29(50-25)39-15-14-26(36-30(39)41)37-31(42)45-18-23-10-6-4-7-11-23/h4-15,21-22,25,27,29,53H,16-20H2,1-3H3,(H,38,44)(H,36,37,41,42)/t22?,25-,27?,29-,52?/m1/s1. The topological polar surface area (TPSA) is 192 Å². The van der Waals surface area contributed by atoms with Gasteiger partial charge in [0, 0.05) is 11.9 Å². The highest BCUT2D eigenvalue weighted by Crippen LogP contribution is 2.48. The summed E-state index contributed by atoms with van der Waals surface area (Å²) in [5, 5.41) is 4.62. The fourth-order valence-corrected chi connectivity index (χ4v) is 6.41. The molecule has 16 nitrogen and oxygen atoms in total. The van der Waals surface area contributed by atoms with Crippen LogP contribution in [-0.2, 0) is 55.3 Å². The molecule has 1 fully saturated rings. The Bertz CT molecular complexity index is 1790. The minimum Gasteiger partial charge on any atom is -0.462 e. The number of carbonyl (C=O) groups is 3. The third-order valence-corrected chi connectivity index (χ3v) is 9.01. The Hall–Kier alpha value is -4.39. The maximum Gasteiger partial charge on any atom is 0.509 e. The van der Waals surface area contributed by atoms with Crippen LogP contribution < -0.4 is 16.1 Å². The Labute approximate surface area is 308 Å². The fraction of sp³-hybridized carbons (Fsp3) is 0.424. The molecule has 20 heteroatoms. The van der Waals surface area contributed by atoms with Gasteiger partial charge in [-0.3, -0.25) is 23.7 Å². The van der Waals surface area contributed by atoms with Crippen molar-refractivity contribution in [3.8, 4) is 0 Å². The highest BCUT2D eigenvalue weighted by Gasteiger charge is 2.63. The van der Waals surface area contributed by atoms with Crippen molar-refractivity contribution < 1.29 is 60.5 Å². The molecule has 2 aromatic carbocycles. The Balaban J connectivity index is 1.53. The van der Waals surface area contributed by atoms with Gasteiger partial charge in [0.05, 0.1) is 19.3 Å². The second kappa shape index (κ2) is 19.1. The van der Waals surface area contributed by atoms with Crippen LogP contribution in [-0.4, -0.2) is 77.0 Å². The molecule has 3 aromatic rings. The fourth-order valence-electron chi connectivity index (χ4n) is 4.70. The van der Waals surface area contributed by atoms with E-state index in [2.05, 4.69) is 28.0 Å². The summed E-state index contributed by atoms with van der Waals surface area (Å²) in [6, 6.07) is 16.9. The van der Waals surface area contributed by atoms with Gasteiger partial charge in [0.25, 0.3) is 0 Å². The molecule has 53 heavy (non-hydrogen) atoms. The van der Waals surface area contributed by atoms with Gasteiger partial charge < -0.3 is 23.7 Å². The molecular weight excluding hydrogens is 745 g/mol. The molecule has 0 saturated carbocycles. The van der Waals surface area contributed by atoms with Crippen molar-refractivity contribution in [1.29, 1.82) is 0 Å². The second-order valence-corrected chi connectivity index (χ2v) is 13.9. The number of rotatable bonds is 17. The lowest BCUT2D eigenvalue weighted by Gasteiger charge is -2.26. The largest absolute Gasteiger partial charge is 0.509 e. The van der Waals surface area contributed by atoms with E-state index in [0.717, 1.165) is 12.3 Å². The highest BCUT2D eigenvalue weighted by atomic mass is 32.1. The van der Waals surface area contributed by atoms with Gasteiger partial charge >= 0.3 is 37.6 Å². The molecule has 2 N–H and O–H groups in total. The first kappa shape index (κ1) is 41.4. The van der Waals surface area contributed by atoms with E-state index in [1.165, 1.54) is 6.92 Å². The number of anilines is 1. The molecule has 1 aromatic heterocycles. The molecule has 5 atom stereocenters. The van der Waals surface area contributed by atoms with Crippen LogP contribution in [0.15, 0.2) is 77.7 Å². The van der Waals surface area contributed by atoms with Crippen molar-refractivity contribution in [2.45, 2.75) is 70.5 Å². The lowest BCUT2D eigenvalue weighted by Crippen LogP contribution is -2.45. The van der Waals surface area contributed by atoms with E-state index in [1.54, 1.807) is 74.5 Å². The summed E-state index contributed by atoms with van der Waals surface area (Å²) in [6.07, 6.45) is -8.94. The van der Waals surface area contributed by atoms with Gasteiger partial charge in [-0.05, 0) is 38.0 Å². The van der Waals surface area contributed by atoms with Crippen LogP contribution in [0.5, 0.6) is 0 Å². The number of hydrogen-bond acceptors (Lipinski definition) is 14. The predicted octanol–water partition coefficient (Wildman–Crippen LogP) is 5.25. The van der Waals surface area contributed by atoms with Crippen LogP contribution in [0.25, 0.3) is 0 Å². The van der Waals surface area contributed by atoms with Gasteiger partial charge in [-0.1, -0.05) is 60.7 Å². The van der Waals surface area contributed by atoms with Crippen LogP contribution in [0.4, 0.5) is 24.2 Å². The average Bonchev–Trinajstić information content (AvgIpc) is 3.37. The van der Waals surface area contributed by atoms with E-state index in [9.17, 15) is 23.7 Å².